The van der Waals surface area contributed by atoms with Crippen molar-refractivity contribution in [2.24, 2.45) is 0 Å². The van der Waals surface area contributed by atoms with Gasteiger partial charge in [0.1, 0.15) is 0 Å². The maximum absolute atomic E-state index is 13.2. The van der Waals surface area contributed by atoms with Crippen LogP contribution in [0.15, 0.2) is 29.2 Å². The van der Waals surface area contributed by atoms with Gasteiger partial charge in [0.15, 0.2) is 11.6 Å². The van der Waals surface area contributed by atoms with E-state index in [-0.39, 0.29) is 0 Å². The summed E-state index contributed by atoms with van der Waals surface area (Å²) < 4.78 is 28.0. The second-order valence-electron chi connectivity index (χ2n) is 8.04. The lowest BCUT2D eigenvalue weighted by atomic mass is 10.1. The molecule has 0 radical (unpaired) electrons. The van der Waals surface area contributed by atoms with Gasteiger partial charge in [-0.25, -0.2) is 8.42 Å². The van der Waals surface area contributed by atoms with Crippen LogP contribution in [0, 0.1) is 20.8 Å². The molecule has 156 valence electrons. The molecule has 1 aromatic heterocycles. The lowest BCUT2D eigenvalue weighted by Gasteiger charge is -2.34. The predicted octanol–water partition coefficient (Wildman–Crippen LogP) is 2.51. The molecule has 0 bridgehead atoms. The van der Waals surface area contributed by atoms with E-state index >= 15 is 0 Å². The minimum absolute atomic E-state index is 0.420. The highest BCUT2D eigenvalue weighted by Crippen LogP contribution is 2.25. The van der Waals surface area contributed by atoms with Crippen LogP contribution in [0.1, 0.15) is 29.5 Å². The van der Waals surface area contributed by atoms with Crippen molar-refractivity contribution in [3.05, 3.63) is 41.0 Å². The molecule has 1 aromatic carbocycles. The quantitative estimate of drug-likeness (QED) is 0.764. The Balaban J connectivity index is 1.44. The number of aromatic nitrogens is 2. The summed E-state index contributed by atoms with van der Waals surface area (Å²) in [6, 6.07) is 7.78. The molecule has 0 atom stereocenters. The number of piperazine rings is 1. The highest BCUT2D eigenvalue weighted by Gasteiger charge is 2.30. The van der Waals surface area contributed by atoms with Crippen molar-refractivity contribution in [3.63, 3.8) is 0 Å². The van der Waals surface area contributed by atoms with Gasteiger partial charge in [-0.05, 0) is 68.5 Å². The molecule has 2 aromatic rings. The average Bonchev–Trinajstić information content (AvgIpc) is 3.26. The van der Waals surface area contributed by atoms with E-state index in [2.05, 4.69) is 20.0 Å². The van der Waals surface area contributed by atoms with Crippen LogP contribution in [0.25, 0.3) is 0 Å². The fraction of sp³-hybridized carbons (Fsp3) is 0.524. The zero-order chi connectivity index (χ0) is 20.6. The van der Waals surface area contributed by atoms with Gasteiger partial charge in [-0.1, -0.05) is 6.07 Å². The number of aryl methyl sites for hydroxylation is 3. The van der Waals surface area contributed by atoms with Gasteiger partial charge >= 0.3 is 0 Å². The molecule has 29 heavy (non-hydrogen) atoms. The Labute approximate surface area is 173 Å². The standard InChI is InChI=1S/C21H29N5O2S/c1-16-14-18(3)19(15-17(16)2)29(27,28)26-12-10-25(11-13-26)21-7-6-20(22-23-21)24-8-4-5-9-24/h6-7,14-15H,4-5,8-13H2,1-3H3. The average molecular weight is 416 g/mol. The molecule has 3 heterocycles. The summed E-state index contributed by atoms with van der Waals surface area (Å²) in [6.45, 7) is 10.0. The molecular formula is C21H29N5O2S. The van der Waals surface area contributed by atoms with Crippen molar-refractivity contribution in [2.45, 2.75) is 38.5 Å². The molecule has 2 fully saturated rings. The van der Waals surface area contributed by atoms with Gasteiger partial charge in [0, 0.05) is 39.3 Å². The number of benzene rings is 1. The number of nitrogens with zero attached hydrogens (tertiary/aromatic N) is 5. The van der Waals surface area contributed by atoms with Gasteiger partial charge in [-0.3, -0.25) is 0 Å². The van der Waals surface area contributed by atoms with Crippen LogP contribution in [-0.4, -0.2) is 62.2 Å². The maximum atomic E-state index is 13.2. The highest BCUT2D eigenvalue weighted by atomic mass is 32.2. The maximum Gasteiger partial charge on any atom is 0.243 e. The van der Waals surface area contributed by atoms with Crippen molar-refractivity contribution in [3.8, 4) is 0 Å². The molecule has 2 aliphatic rings. The van der Waals surface area contributed by atoms with Crippen molar-refractivity contribution < 1.29 is 8.42 Å². The Bertz CT molecular complexity index is 977. The van der Waals surface area contributed by atoms with E-state index in [0.717, 1.165) is 41.4 Å². The van der Waals surface area contributed by atoms with E-state index in [9.17, 15) is 8.42 Å². The zero-order valence-electron chi connectivity index (χ0n) is 17.4. The SMILES string of the molecule is Cc1cc(C)c(S(=O)(=O)N2CCN(c3ccc(N4CCCC4)nn3)CC2)cc1C. The highest BCUT2D eigenvalue weighted by molar-refractivity contribution is 7.89. The minimum atomic E-state index is -3.49. The van der Waals surface area contributed by atoms with E-state index in [1.807, 2.05) is 39.0 Å². The molecule has 0 saturated carbocycles. The van der Waals surface area contributed by atoms with Crippen LogP contribution in [0.5, 0.6) is 0 Å². The second kappa shape index (κ2) is 7.91. The van der Waals surface area contributed by atoms with Gasteiger partial charge in [0.2, 0.25) is 10.0 Å². The number of sulfonamides is 1. The summed E-state index contributed by atoms with van der Waals surface area (Å²) in [5.74, 6) is 1.74. The van der Waals surface area contributed by atoms with E-state index in [1.165, 1.54) is 12.8 Å². The van der Waals surface area contributed by atoms with Gasteiger partial charge in [0.05, 0.1) is 4.90 Å². The molecule has 4 rings (SSSR count). The molecule has 8 heteroatoms. The first-order valence-electron chi connectivity index (χ1n) is 10.3. The third kappa shape index (κ3) is 3.96. The Morgan fingerprint density at radius 2 is 1.24 bits per heavy atom. The van der Waals surface area contributed by atoms with Crippen molar-refractivity contribution in [2.75, 3.05) is 49.1 Å². The lowest BCUT2D eigenvalue weighted by molar-refractivity contribution is 0.383. The van der Waals surface area contributed by atoms with Gasteiger partial charge in [-0.2, -0.15) is 4.31 Å². The smallest absolute Gasteiger partial charge is 0.243 e. The summed E-state index contributed by atoms with van der Waals surface area (Å²) >= 11 is 0. The molecule has 0 spiro atoms. The molecule has 0 unspecified atom stereocenters. The summed E-state index contributed by atoms with van der Waals surface area (Å²) in [6.07, 6.45) is 2.42. The normalized spacial score (nSPS) is 18.4. The first-order valence-corrected chi connectivity index (χ1v) is 11.7. The fourth-order valence-electron chi connectivity index (χ4n) is 4.11. The number of hydrogen-bond donors (Lipinski definition) is 0. The fourth-order valence-corrected chi connectivity index (χ4v) is 5.82. The van der Waals surface area contributed by atoms with Crippen LogP contribution in [0.3, 0.4) is 0 Å². The van der Waals surface area contributed by atoms with Crippen LogP contribution in [0.4, 0.5) is 11.6 Å². The molecule has 2 aliphatic heterocycles. The Morgan fingerprint density at radius 3 is 1.79 bits per heavy atom. The van der Waals surface area contributed by atoms with Crippen LogP contribution in [-0.2, 0) is 10.0 Å². The zero-order valence-corrected chi connectivity index (χ0v) is 18.2. The Morgan fingerprint density at radius 1 is 0.724 bits per heavy atom. The summed E-state index contributed by atoms with van der Waals surface area (Å²) in [7, 11) is -3.49. The molecule has 0 amide bonds. The number of anilines is 2. The van der Waals surface area contributed by atoms with Gasteiger partial charge in [-0.15, -0.1) is 10.2 Å². The summed E-state index contributed by atoms with van der Waals surface area (Å²) in [5, 5.41) is 8.78. The van der Waals surface area contributed by atoms with Crippen molar-refractivity contribution in [1.29, 1.82) is 0 Å². The monoisotopic (exact) mass is 415 g/mol. The summed E-state index contributed by atoms with van der Waals surface area (Å²) in [4.78, 5) is 4.79. The van der Waals surface area contributed by atoms with E-state index in [1.54, 1.807) is 10.4 Å². The first kappa shape index (κ1) is 20.1. The predicted molar refractivity (Wildman–Crippen MR) is 115 cm³/mol. The van der Waals surface area contributed by atoms with Crippen molar-refractivity contribution in [1.82, 2.24) is 14.5 Å². The molecule has 2 saturated heterocycles. The molecule has 0 N–H and O–H groups in total. The van der Waals surface area contributed by atoms with Gasteiger partial charge in [0.25, 0.3) is 0 Å². The van der Waals surface area contributed by atoms with Crippen molar-refractivity contribution >= 4 is 21.7 Å². The Kier molecular flexibility index (Phi) is 5.48. The first-order chi connectivity index (χ1) is 13.9. The number of hydrogen-bond acceptors (Lipinski definition) is 6. The topological polar surface area (TPSA) is 69.6 Å². The van der Waals surface area contributed by atoms with E-state index in [4.69, 9.17) is 0 Å². The minimum Gasteiger partial charge on any atom is -0.355 e. The largest absolute Gasteiger partial charge is 0.355 e. The van der Waals surface area contributed by atoms with Crippen LogP contribution < -0.4 is 9.80 Å². The lowest BCUT2D eigenvalue weighted by Crippen LogP contribution is -2.49. The third-order valence-electron chi connectivity index (χ3n) is 6.04. The van der Waals surface area contributed by atoms with Crippen LogP contribution >= 0.6 is 0 Å². The molecule has 7 nitrogen and oxygen atoms in total. The third-order valence-corrected chi connectivity index (χ3v) is 8.08. The van der Waals surface area contributed by atoms with E-state index < -0.39 is 10.0 Å². The van der Waals surface area contributed by atoms with E-state index in [0.29, 0.717) is 31.1 Å². The van der Waals surface area contributed by atoms with Gasteiger partial charge < -0.3 is 9.80 Å². The second-order valence-corrected chi connectivity index (χ2v) is 9.94. The summed E-state index contributed by atoms with van der Waals surface area (Å²) in [5.41, 5.74) is 2.92. The molecule has 0 aliphatic carbocycles. The Hall–Kier alpha value is -2.19. The van der Waals surface area contributed by atoms with Crippen LogP contribution in [0.2, 0.25) is 0 Å². The molecular weight excluding hydrogens is 386 g/mol. The number of rotatable bonds is 4.